The summed E-state index contributed by atoms with van der Waals surface area (Å²) < 4.78 is 0. The van der Waals surface area contributed by atoms with Crippen LogP contribution in [0.5, 0.6) is 0 Å². The molecule has 0 amide bonds. The van der Waals surface area contributed by atoms with Crippen molar-refractivity contribution in [1.82, 2.24) is 0 Å². The first-order chi connectivity index (χ1) is 16.5. The number of hydrogen-bond donors (Lipinski definition) is 0. The van der Waals surface area contributed by atoms with E-state index in [1.807, 2.05) is 27.7 Å². The summed E-state index contributed by atoms with van der Waals surface area (Å²) in [6.07, 6.45) is 24.5. The van der Waals surface area contributed by atoms with Gasteiger partial charge < -0.3 is 0 Å². The summed E-state index contributed by atoms with van der Waals surface area (Å²) in [5.74, 6) is 0. The van der Waals surface area contributed by atoms with Crippen LogP contribution in [-0.2, 0) is 0 Å². The second-order valence-electron chi connectivity index (χ2n) is 8.12. The quantitative estimate of drug-likeness (QED) is 0.190. The zero-order valence-corrected chi connectivity index (χ0v) is 30.8. The molecule has 0 saturated carbocycles. The monoisotopic (exact) mass is 701 g/mol. The molecule has 0 atom stereocenters. The Bertz CT molecular complexity index is 103. The Morgan fingerprint density at radius 2 is 0.227 bits per heavy atom. The van der Waals surface area contributed by atoms with E-state index in [0.29, 0.717) is 0 Å². The van der Waals surface area contributed by atoms with Gasteiger partial charge in [-0.1, -0.05) is 286 Å². The molecule has 0 spiro atoms. The third-order valence-corrected chi connectivity index (χ3v) is 4.24. The molecule has 0 radical (unpaired) electrons. The summed E-state index contributed by atoms with van der Waals surface area (Å²) in [7, 11) is 0. The third-order valence-electron chi connectivity index (χ3n) is 4.24. The molecule has 0 saturated heterocycles. The van der Waals surface area contributed by atoms with Gasteiger partial charge in [-0.05, 0) is 0 Å². The number of hydrogen-bond acceptors (Lipinski definition) is 0. The van der Waals surface area contributed by atoms with E-state index >= 15 is 0 Å². The molecule has 0 rings (SSSR count). The summed E-state index contributed by atoms with van der Waals surface area (Å²) in [6, 6.07) is 0. The van der Waals surface area contributed by atoms with Crippen LogP contribution in [0.3, 0.4) is 0 Å². The molecule has 0 aromatic heterocycles. The minimum absolute atomic E-state index is 0. The molecule has 0 heterocycles. The number of unbranched alkanes of at least 4 members (excludes halogenated alkanes) is 12. The van der Waals surface area contributed by atoms with Gasteiger partial charge in [0, 0.05) is 75.5 Å². The van der Waals surface area contributed by atoms with Crippen LogP contribution in [-0.4, -0.2) is 0 Å². The van der Waals surface area contributed by atoms with E-state index in [9.17, 15) is 0 Å². The van der Waals surface area contributed by atoms with Crippen molar-refractivity contribution in [2.24, 2.45) is 0 Å². The van der Waals surface area contributed by atoms with Crippen molar-refractivity contribution in [3.05, 3.63) is 0 Å². The molecule has 0 aliphatic rings. The Labute approximate surface area is 357 Å². The van der Waals surface area contributed by atoms with Gasteiger partial charge in [0.25, 0.3) is 0 Å². The molecule has 0 unspecified atom stereocenters. The first-order valence-corrected chi connectivity index (χ1v) is 16.5. The molecule has 0 aromatic rings. The SMILES string of the molecule is C.C.C.C.C.C.C.C.CC.CC.CCCCC.CCCCC.CCCCC.CCCCC.CCCCC.CCCCC.[Ar].[Ar]. The molecule has 0 bridgehead atoms. The van der Waals surface area contributed by atoms with E-state index in [0.717, 1.165) is 0 Å². The second kappa shape index (κ2) is 214. The standard InChI is InChI=1S/6C5H12.2C2H6.8CH4.2Ar/c6*1-3-5-4-2;2*1-2;;;;;;;;;;/h6*3-5H2,1-2H3;2*1-2H3;8*1H4;;. The zero-order valence-electron chi connectivity index (χ0n) is 29.4. The van der Waals surface area contributed by atoms with Crippen molar-refractivity contribution in [2.45, 2.75) is 286 Å². The molecule has 44 heavy (non-hydrogen) atoms. The van der Waals surface area contributed by atoms with E-state index in [-0.39, 0.29) is 135 Å². The van der Waals surface area contributed by atoms with Crippen molar-refractivity contribution in [3.63, 3.8) is 0 Å². The Hall–Kier alpha value is 2.52. The Morgan fingerprint density at radius 3 is 0.227 bits per heavy atom. The van der Waals surface area contributed by atoms with Gasteiger partial charge in [0.15, 0.2) is 0 Å². The van der Waals surface area contributed by atoms with Crippen molar-refractivity contribution in [1.29, 1.82) is 0 Å². The van der Waals surface area contributed by atoms with Gasteiger partial charge in [-0.25, -0.2) is 0 Å². The first-order valence-electron chi connectivity index (χ1n) is 16.5. The topological polar surface area (TPSA) is 0 Å². The minimum Gasteiger partial charge on any atom is -0.0776 e. The minimum atomic E-state index is 0. The smallest absolute Gasteiger partial charge is 0 e. The molecule has 0 aliphatic carbocycles. The molecule has 2 heteroatoms. The fourth-order valence-corrected chi connectivity index (χ4v) is 2.12. The van der Waals surface area contributed by atoms with Gasteiger partial charge in [-0.15, -0.1) is 0 Å². The molecule has 0 nitrogen and oxygen atoms in total. The average Bonchev–Trinajstić information content (AvgIpc) is 2.87. The van der Waals surface area contributed by atoms with E-state index < -0.39 is 0 Å². The van der Waals surface area contributed by atoms with Gasteiger partial charge >= 0.3 is 0 Å². The number of rotatable bonds is 12. The van der Waals surface area contributed by atoms with E-state index in [1.165, 1.54) is 116 Å². The van der Waals surface area contributed by atoms with Gasteiger partial charge in [-0.3, -0.25) is 0 Å². The molecule has 0 aliphatic heterocycles. The van der Waals surface area contributed by atoms with E-state index in [1.54, 1.807) is 0 Å². The van der Waals surface area contributed by atoms with Gasteiger partial charge in [-0.2, -0.15) is 0 Å². The molecular weight excluding hydrogens is 584 g/mol. The average molecular weight is 701 g/mol. The summed E-state index contributed by atoms with van der Waals surface area (Å²) in [4.78, 5) is 0. The molecule has 300 valence electrons. The van der Waals surface area contributed by atoms with Crippen LogP contribution in [0.4, 0.5) is 0 Å². The van der Waals surface area contributed by atoms with E-state index in [2.05, 4.69) is 83.1 Å². The maximum Gasteiger partial charge on any atom is 0 e. The van der Waals surface area contributed by atoms with Crippen LogP contribution in [0.1, 0.15) is 286 Å². The van der Waals surface area contributed by atoms with Crippen LogP contribution in [0.2, 0.25) is 0 Å². The van der Waals surface area contributed by atoms with Crippen LogP contribution in [0.15, 0.2) is 0 Å². The first kappa shape index (κ1) is 119. The van der Waals surface area contributed by atoms with Crippen LogP contribution in [0, 0.1) is 75.5 Å². The van der Waals surface area contributed by atoms with Crippen LogP contribution >= 0.6 is 0 Å². The van der Waals surface area contributed by atoms with Gasteiger partial charge in [0.05, 0.1) is 0 Å². The molecule has 0 aromatic carbocycles. The van der Waals surface area contributed by atoms with Crippen LogP contribution in [0.25, 0.3) is 0 Å². The van der Waals surface area contributed by atoms with Gasteiger partial charge in [0.1, 0.15) is 0 Å². The van der Waals surface area contributed by atoms with Crippen molar-refractivity contribution >= 4 is 0 Å². The fourth-order valence-electron chi connectivity index (χ4n) is 2.12. The Kier molecular flexibility index (Phi) is 577. The Morgan fingerprint density at radius 1 is 0.182 bits per heavy atom. The molecule has 0 fully saturated rings. The maximum absolute atomic E-state index is 2.21. The predicted molar refractivity (Wildman–Crippen MR) is 228 cm³/mol. The Balaban J connectivity index is -0.0000000108. The summed E-state index contributed by atoms with van der Waals surface area (Å²) in [6.45, 7) is 34.5. The summed E-state index contributed by atoms with van der Waals surface area (Å²) in [5.41, 5.74) is 0. The summed E-state index contributed by atoms with van der Waals surface area (Å²) in [5, 5.41) is 0. The van der Waals surface area contributed by atoms with Crippen molar-refractivity contribution in [2.75, 3.05) is 0 Å². The second-order valence-corrected chi connectivity index (χ2v) is 8.12. The maximum atomic E-state index is 2.21. The summed E-state index contributed by atoms with van der Waals surface area (Å²) >= 11 is 0. The van der Waals surface area contributed by atoms with Crippen molar-refractivity contribution in [3.8, 4) is 0 Å². The fraction of sp³-hybridized carbons (Fsp3) is 1.00. The van der Waals surface area contributed by atoms with Crippen LogP contribution < -0.4 is 0 Å². The largest absolute Gasteiger partial charge is 0.0776 e. The van der Waals surface area contributed by atoms with Gasteiger partial charge in [0.2, 0.25) is 0 Å². The molecular formula is C42H116Ar2. The normalized spacial score (nSPS) is 6.00. The molecule has 0 N–H and O–H groups in total. The predicted octanol–water partition coefficient (Wildman–Crippen LogP) is 20.3. The zero-order chi connectivity index (χ0) is 28.7. The third kappa shape index (κ3) is 400. The van der Waals surface area contributed by atoms with Crippen molar-refractivity contribution < 1.29 is 75.5 Å². The van der Waals surface area contributed by atoms with E-state index in [4.69, 9.17) is 0 Å².